The molecule has 1 saturated heterocycles. The van der Waals surface area contributed by atoms with Crippen molar-refractivity contribution in [3.8, 4) is 22.6 Å². The Morgan fingerprint density at radius 2 is 1.67 bits per heavy atom. The first-order valence-electron chi connectivity index (χ1n) is 13.9. The number of fused-ring (bicyclic) bond motifs is 1. The Labute approximate surface area is 230 Å². The average Bonchev–Trinajstić information content (AvgIpc) is 3.39. The van der Waals surface area contributed by atoms with E-state index in [4.69, 9.17) is 9.47 Å². The highest BCUT2D eigenvalue weighted by Gasteiger charge is 2.31. The number of benzene rings is 3. The first kappa shape index (κ1) is 28.6. The van der Waals surface area contributed by atoms with Gasteiger partial charge < -0.3 is 19.3 Å². The maximum Gasteiger partial charge on any atom is 0.293 e. The second-order valence-corrected chi connectivity index (χ2v) is 10.3. The first-order valence-corrected chi connectivity index (χ1v) is 13.9. The van der Waals surface area contributed by atoms with Gasteiger partial charge in [0.05, 0.1) is 6.61 Å². The van der Waals surface area contributed by atoms with Gasteiger partial charge in [0.15, 0.2) is 0 Å². The summed E-state index contributed by atoms with van der Waals surface area (Å²) in [5.74, 6) is 1.58. The Hall–Kier alpha value is -3.38. The number of rotatable bonds is 6. The van der Waals surface area contributed by atoms with Gasteiger partial charge >= 0.3 is 0 Å². The number of phenols is 1. The molecule has 6 heteroatoms. The van der Waals surface area contributed by atoms with E-state index in [0.717, 1.165) is 59.6 Å². The SMILES string of the molecule is C1CCOC1.CCOC=O.Cc1cc(O)cc(C)c1-c1ccc(F)c2c1CCC2Oc1ccc(C2CC2)cc1. The van der Waals surface area contributed by atoms with Crippen molar-refractivity contribution >= 4 is 6.47 Å². The third-order valence-electron chi connectivity index (χ3n) is 7.34. The second kappa shape index (κ2) is 13.6. The van der Waals surface area contributed by atoms with Crippen molar-refractivity contribution in [3.63, 3.8) is 0 Å². The van der Waals surface area contributed by atoms with Crippen molar-refractivity contribution in [2.45, 2.75) is 71.3 Å². The molecule has 0 radical (unpaired) electrons. The van der Waals surface area contributed by atoms with Crippen LogP contribution in [-0.4, -0.2) is 31.4 Å². The number of carbonyl (C=O) groups is 1. The van der Waals surface area contributed by atoms with Crippen molar-refractivity contribution in [1.82, 2.24) is 0 Å². The van der Waals surface area contributed by atoms with E-state index >= 15 is 0 Å². The standard InChI is InChI=1S/C26H25FO2.C4H8O.C3H6O2/c1-15-13-19(28)14-16(2)25(15)21-9-11-23(27)26-22(21)10-12-24(26)29-20-7-5-18(6-8-20)17-3-4-17;1-2-4-5-3-1;1-2-5-3-4/h5-9,11,13-14,17,24,28H,3-4,10,12H2,1-2H3;1-4H2;3H,2H2,1H3. The fourth-order valence-electron chi connectivity index (χ4n) is 5.37. The van der Waals surface area contributed by atoms with Crippen molar-refractivity contribution in [3.05, 3.63) is 82.2 Å². The smallest absolute Gasteiger partial charge is 0.293 e. The molecule has 1 aliphatic heterocycles. The minimum Gasteiger partial charge on any atom is -0.508 e. The van der Waals surface area contributed by atoms with Crippen molar-refractivity contribution in [1.29, 1.82) is 0 Å². The van der Waals surface area contributed by atoms with Crippen molar-refractivity contribution in [2.75, 3.05) is 19.8 Å². The van der Waals surface area contributed by atoms with E-state index in [0.29, 0.717) is 24.6 Å². The second-order valence-electron chi connectivity index (χ2n) is 10.3. The molecule has 6 rings (SSSR count). The molecule has 0 aromatic heterocycles. The van der Waals surface area contributed by atoms with Crippen LogP contribution in [0, 0.1) is 19.7 Å². The molecule has 1 unspecified atom stereocenters. The molecule has 2 aliphatic carbocycles. The maximum absolute atomic E-state index is 14.9. The van der Waals surface area contributed by atoms with Gasteiger partial charge in [-0.05, 0) is 129 Å². The molecule has 1 N–H and O–H groups in total. The molecule has 3 aliphatic rings. The third-order valence-corrected chi connectivity index (χ3v) is 7.34. The molecule has 208 valence electrons. The van der Waals surface area contributed by atoms with Gasteiger partial charge in [-0.1, -0.05) is 18.2 Å². The summed E-state index contributed by atoms with van der Waals surface area (Å²) in [7, 11) is 0. The summed E-state index contributed by atoms with van der Waals surface area (Å²) in [5, 5.41) is 9.89. The highest BCUT2D eigenvalue weighted by Crippen LogP contribution is 2.44. The number of hydrogen-bond donors (Lipinski definition) is 1. The summed E-state index contributed by atoms with van der Waals surface area (Å²) in [6, 6.07) is 15.3. The Morgan fingerprint density at radius 3 is 2.18 bits per heavy atom. The van der Waals surface area contributed by atoms with Gasteiger partial charge in [-0.2, -0.15) is 0 Å². The molecule has 5 nitrogen and oxygen atoms in total. The van der Waals surface area contributed by atoms with Gasteiger partial charge in [-0.15, -0.1) is 0 Å². The third kappa shape index (κ3) is 7.39. The van der Waals surface area contributed by atoms with Gasteiger partial charge in [0.2, 0.25) is 0 Å². The number of ether oxygens (including phenoxy) is 3. The van der Waals surface area contributed by atoms with Crippen LogP contribution in [0.1, 0.15) is 78.9 Å². The minimum atomic E-state index is -0.269. The Kier molecular flexibility index (Phi) is 9.99. The van der Waals surface area contributed by atoms with Crippen LogP contribution >= 0.6 is 0 Å². The zero-order valence-corrected chi connectivity index (χ0v) is 23.2. The van der Waals surface area contributed by atoms with E-state index in [1.807, 2.05) is 32.0 Å². The van der Waals surface area contributed by atoms with Gasteiger partial charge in [-0.25, -0.2) is 4.39 Å². The Bertz CT molecular complexity index is 1220. The summed E-state index contributed by atoms with van der Waals surface area (Å²) in [6.45, 7) is 8.64. The zero-order valence-electron chi connectivity index (χ0n) is 23.2. The Morgan fingerprint density at radius 1 is 1.00 bits per heavy atom. The molecule has 3 aromatic rings. The lowest BCUT2D eigenvalue weighted by Crippen LogP contribution is -2.06. The summed E-state index contributed by atoms with van der Waals surface area (Å²) < 4.78 is 30.2. The van der Waals surface area contributed by atoms with Gasteiger partial charge in [-0.3, -0.25) is 4.79 Å². The molecule has 39 heavy (non-hydrogen) atoms. The highest BCUT2D eigenvalue weighted by atomic mass is 19.1. The van der Waals surface area contributed by atoms with E-state index < -0.39 is 0 Å². The van der Waals surface area contributed by atoms with Crippen LogP contribution in [-0.2, 0) is 20.7 Å². The van der Waals surface area contributed by atoms with Gasteiger partial charge in [0, 0.05) is 18.8 Å². The van der Waals surface area contributed by atoms with Crippen LogP contribution < -0.4 is 4.74 Å². The predicted octanol–water partition coefficient (Wildman–Crippen LogP) is 7.73. The lowest BCUT2D eigenvalue weighted by molar-refractivity contribution is -0.128. The van der Waals surface area contributed by atoms with Gasteiger partial charge in [0.25, 0.3) is 6.47 Å². The van der Waals surface area contributed by atoms with Crippen LogP contribution in [0.2, 0.25) is 0 Å². The highest BCUT2D eigenvalue weighted by molar-refractivity contribution is 5.76. The minimum absolute atomic E-state index is 0.199. The van der Waals surface area contributed by atoms with E-state index in [9.17, 15) is 14.3 Å². The van der Waals surface area contributed by atoms with E-state index in [-0.39, 0.29) is 17.7 Å². The summed E-state index contributed by atoms with van der Waals surface area (Å²) >= 11 is 0. The van der Waals surface area contributed by atoms with Crippen LogP contribution in [0.3, 0.4) is 0 Å². The van der Waals surface area contributed by atoms with Crippen LogP contribution in [0.4, 0.5) is 4.39 Å². The van der Waals surface area contributed by atoms with E-state index in [1.54, 1.807) is 25.1 Å². The maximum atomic E-state index is 14.9. The largest absolute Gasteiger partial charge is 0.508 e. The molecular formula is C33H39FO5. The number of aryl methyl sites for hydroxylation is 2. The molecule has 1 heterocycles. The molecule has 1 saturated carbocycles. The summed E-state index contributed by atoms with van der Waals surface area (Å²) in [5.41, 5.74) is 7.20. The molecule has 1 atom stereocenters. The molecule has 0 bridgehead atoms. The zero-order chi connectivity index (χ0) is 27.8. The molecule has 2 fully saturated rings. The fourth-order valence-corrected chi connectivity index (χ4v) is 5.37. The van der Waals surface area contributed by atoms with E-state index in [2.05, 4.69) is 16.9 Å². The number of phenolic OH excluding ortho intramolecular Hbond substituents is 1. The Balaban J connectivity index is 0.000000299. The number of aromatic hydroxyl groups is 1. The van der Waals surface area contributed by atoms with Crippen molar-refractivity contribution < 1.29 is 28.5 Å². The van der Waals surface area contributed by atoms with Crippen LogP contribution in [0.25, 0.3) is 11.1 Å². The normalized spacial score (nSPS) is 17.3. The number of hydrogen-bond acceptors (Lipinski definition) is 5. The van der Waals surface area contributed by atoms with Gasteiger partial charge in [0.1, 0.15) is 23.4 Å². The predicted molar refractivity (Wildman–Crippen MR) is 151 cm³/mol. The van der Waals surface area contributed by atoms with Crippen LogP contribution in [0.15, 0.2) is 48.5 Å². The van der Waals surface area contributed by atoms with Crippen molar-refractivity contribution in [2.24, 2.45) is 0 Å². The summed E-state index contributed by atoms with van der Waals surface area (Å²) in [4.78, 5) is 9.18. The summed E-state index contributed by atoms with van der Waals surface area (Å²) in [6.07, 6.45) is 6.40. The van der Waals surface area contributed by atoms with E-state index in [1.165, 1.54) is 31.2 Å². The number of halogens is 1. The molecule has 0 amide bonds. The average molecular weight is 535 g/mol. The lowest BCUT2D eigenvalue weighted by atomic mass is 9.90. The topological polar surface area (TPSA) is 65.0 Å². The fraction of sp³-hybridized carbons (Fsp3) is 0.424. The first-order chi connectivity index (χ1) is 18.9. The lowest BCUT2D eigenvalue weighted by Gasteiger charge is -2.18. The monoisotopic (exact) mass is 534 g/mol. The molecule has 0 spiro atoms. The number of carbonyl (C=O) groups excluding carboxylic acids is 1. The molecule has 3 aromatic carbocycles. The quantitative estimate of drug-likeness (QED) is 0.328. The van der Waals surface area contributed by atoms with Crippen LogP contribution in [0.5, 0.6) is 11.5 Å². The molecular weight excluding hydrogens is 495 g/mol.